The molecule has 0 rings (SSSR count). The Labute approximate surface area is 49.6 Å². The van der Waals surface area contributed by atoms with E-state index < -0.39 is 10.1 Å². The van der Waals surface area contributed by atoms with Gasteiger partial charge < -0.3 is 5.73 Å². The summed E-state index contributed by atoms with van der Waals surface area (Å²) in [4.78, 5) is 9.80. The van der Waals surface area contributed by atoms with Crippen LogP contribution in [0.2, 0.25) is 0 Å². The number of carbonyl (C=O) groups excluding carboxylic acids is 1. The number of rotatable bonds is 1. The van der Waals surface area contributed by atoms with Gasteiger partial charge in [0.15, 0.2) is 0 Å². The topological polar surface area (TPSA) is 43.1 Å². The first kappa shape index (κ1) is 6.30. The summed E-state index contributed by atoms with van der Waals surface area (Å²) in [6.07, 6.45) is 0. The average molecular weight is 170 g/mol. The second kappa shape index (κ2) is 2.47. The maximum absolute atomic E-state index is 9.80. The van der Waals surface area contributed by atoms with E-state index >= 15 is 0 Å². The van der Waals surface area contributed by atoms with Gasteiger partial charge in [0.1, 0.15) is 4.16 Å². The lowest BCUT2D eigenvalue weighted by Gasteiger charge is -1.87. The summed E-state index contributed by atoms with van der Waals surface area (Å²) in [6, 6.07) is 0. The van der Waals surface area contributed by atoms with E-state index in [1.165, 1.54) is 0 Å². The molecule has 0 heterocycles. The minimum Gasteiger partial charge on any atom is -0.368 e. The van der Waals surface area contributed by atoms with Gasteiger partial charge in [-0.1, -0.05) is 15.9 Å². The fraction of sp³-hybridized carbons (Fsp3) is 0.500. The zero-order chi connectivity index (χ0) is 5.15. The first-order valence-electron chi connectivity index (χ1n) is 1.26. The van der Waals surface area contributed by atoms with E-state index in [9.17, 15) is 4.79 Å². The van der Waals surface area contributed by atoms with Crippen molar-refractivity contribution < 1.29 is 4.79 Å². The zero-order valence-electron chi connectivity index (χ0n) is 2.89. The smallest absolute Gasteiger partial charge is 0.241 e. The Kier molecular flexibility index (Phi) is 2.59. The number of carbonyl (C=O) groups is 1. The third kappa shape index (κ3) is 2.53. The molecule has 1 atom stereocenters. The molecule has 0 saturated carbocycles. The van der Waals surface area contributed by atoms with Gasteiger partial charge in [0.25, 0.3) is 0 Å². The lowest BCUT2D eigenvalue weighted by molar-refractivity contribution is -0.116. The Morgan fingerprint density at radius 3 is 2.17 bits per heavy atom. The van der Waals surface area contributed by atoms with Crippen molar-refractivity contribution in [1.82, 2.24) is 0 Å². The number of alkyl halides is 1. The van der Waals surface area contributed by atoms with Gasteiger partial charge in [0.2, 0.25) is 5.91 Å². The fourth-order valence-electron chi connectivity index (χ4n) is 0. The molecule has 2 nitrogen and oxygen atoms in total. The van der Waals surface area contributed by atoms with Crippen molar-refractivity contribution in [2.24, 2.45) is 5.73 Å². The minimum absolute atomic E-state index is 0.460. The first-order valence-corrected chi connectivity index (χ1v) is 2.69. The first-order chi connectivity index (χ1) is 2.64. The summed E-state index contributed by atoms with van der Waals surface area (Å²) in [5.74, 6) is -0.460. The Morgan fingerprint density at radius 1 is 2.00 bits per heavy atom. The fourth-order valence-corrected chi connectivity index (χ4v) is 0. The van der Waals surface area contributed by atoms with Crippen LogP contribution in [0, 0.1) is 0 Å². The van der Waals surface area contributed by atoms with Crippen molar-refractivity contribution in [3.8, 4) is 0 Å². The molecule has 1 amide bonds. The molecule has 0 fully saturated rings. The summed E-state index contributed by atoms with van der Waals surface area (Å²) >= 11 is 6.46. The molecule has 4 heteroatoms. The molecule has 0 aliphatic heterocycles. The Balaban J connectivity index is 3.26. The van der Waals surface area contributed by atoms with Crippen LogP contribution < -0.4 is 5.73 Å². The van der Waals surface area contributed by atoms with Crippen molar-refractivity contribution >= 4 is 34.5 Å². The van der Waals surface area contributed by atoms with E-state index in [1.807, 2.05) is 0 Å². The lowest BCUT2D eigenvalue weighted by Crippen LogP contribution is -2.17. The molecule has 0 bridgehead atoms. The van der Waals surface area contributed by atoms with Crippen LogP contribution in [-0.4, -0.2) is 10.1 Å². The lowest BCUT2D eigenvalue weighted by atomic mass is 10.8. The molecule has 6 heavy (non-hydrogen) atoms. The molecule has 0 aromatic heterocycles. The second-order valence-corrected chi connectivity index (χ2v) is 2.88. The number of primary amides is 1. The molecule has 0 radical (unpaired) electrons. The van der Waals surface area contributed by atoms with Gasteiger partial charge in [-0.25, -0.2) is 0 Å². The van der Waals surface area contributed by atoms with Gasteiger partial charge in [-0.15, -0.1) is 0 Å². The Morgan fingerprint density at radius 2 is 2.17 bits per heavy atom. The van der Waals surface area contributed by atoms with Crippen molar-refractivity contribution in [3.05, 3.63) is 0 Å². The largest absolute Gasteiger partial charge is 0.368 e. The number of nitrogens with two attached hydrogens (primary N) is 1. The van der Waals surface area contributed by atoms with E-state index in [0.29, 0.717) is 0 Å². The van der Waals surface area contributed by atoms with Crippen LogP contribution >= 0.6 is 28.6 Å². The van der Waals surface area contributed by atoms with Gasteiger partial charge in [0, 0.05) is 0 Å². The summed E-state index contributed by atoms with van der Waals surface area (Å²) in [5, 5.41) is 0. The van der Waals surface area contributed by atoms with Gasteiger partial charge in [-0.3, -0.25) is 4.79 Å². The normalized spacial score (nSPS) is 13.7. The Hall–Kier alpha value is 0.300. The maximum atomic E-state index is 9.80. The quantitative estimate of drug-likeness (QED) is 0.426. The second-order valence-electron chi connectivity index (χ2n) is 0.738. The van der Waals surface area contributed by atoms with Crippen LogP contribution in [0.1, 0.15) is 0 Å². The number of thiol groups is 1. The predicted octanol–water partition coefficient (Wildman–Crippen LogP) is 0.122. The van der Waals surface area contributed by atoms with Crippen molar-refractivity contribution in [2.75, 3.05) is 0 Å². The highest BCUT2D eigenvalue weighted by molar-refractivity contribution is 9.11. The van der Waals surface area contributed by atoms with Crippen LogP contribution in [0.25, 0.3) is 0 Å². The highest BCUT2D eigenvalue weighted by Gasteiger charge is 1.99. The van der Waals surface area contributed by atoms with Crippen LogP contribution in [0.3, 0.4) is 0 Å². The van der Waals surface area contributed by atoms with E-state index in [0.717, 1.165) is 0 Å². The minimum atomic E-state index is -0.502. The monoisotopic (exact) mass is 169 g/mol. The average Bonchev–Trinajstić information content (AvgIpc) is 1.36. The van der Waals surface area contributed by atoms with Crippen molar-refractivity contribution in [1.29, 1.82) is 0 Å². The van der Waals surface area contributed by atoms with E-state index in [4.69, 9.17) is 0 Å². The summed E-state index contributed by atoms with van der Waals surface area (Å²) < 4.78 is -0.502. The van der Waals surface area contributed by atoms with Gasteiger partial charge >= 0.3 is 0 Å². The molecule has 0 aromatic carbocycles. The molecular formula is C2H4BrNOS. The molecule has 0 spiro atoms. The zero-order valence-corrected chi connectivity index (χ0v) is 5.37. The molecule has 0 aliphatic rings. The van der Waals surface area contributed by atoms with Crippen molar-refractivity contribution in [2.45, 2.75) is 4.16 Å². The van der Waals surface area contributed by atoms with Crippen LogP contribution in [0.5, 0.6) is 0 Å². The third-order valence-corrected chi connectivity index (χ3v) is 0.941. The molecule has 0 aromatic rings. The van der Waals surface area contributed by atoms with Crippen LogP contribution in [0.15, 0.2) is 0 Å². The number of hydrogen-bond acceptors (Lipinski definition) is 2. The van der Waals surface area contributed by atoms with Crippen molar-refractivity contribution in [3.63, 3.8) is 0 Å². The molecule has 36 valence electrons. The summed E-state index contributed by atoms with van der Waals surface area (Å²) in [6.45, 7) is 0. The highest BCUT2D eigenvalue weighted by atomic mass is 79.9. The molecule has 0 saturated heterocycles. The number of amides is 1. The third-order valence-electron chi connectivity index (χ3n) is 0.235. The van der Waals surface area contributed by atoms with Crippen LogP contribution in [-0.2, 0) is 4.79 Å². The highest BCUT2D eigenvalue weighted by Crippen LogP contribution is 2.00. The van der Waals surface area contributed by atoms with Gasteiger partial charge in [-0.2, -0.15) is 12.6 Å². The summed E-state index contributed by atoms with van der Waals surface area (Å²) in [7, 11) is 0. The maximum Gasteiger partial charge on any atom is 0.241 e. The molecule has 1 unspecified atom stereocenters. The SMILES string of the molecule is NC(=O)C(S)Br. The van der Waals surface area contributed by atoms with E-state index in [1.54, 1.807) is 0 Å². The van der Waals surface area contributed by atoms with Crippen LogP contribution in [0.4, 0.5) is 0 Å². The van der Waals surface area contributed by atoms with Gasteiger partial charge in [-0.05, 0) is 0 Å². The molecular weight excluding hydrogens is 166 g/mol. The van der Waals surface area contributed by atoms with E-state index in [-0.39, 0.29) is 0 Å². The summed E-state index contributed by atoms with van der Waals surface area (Å²) in [5.41, 5.74) is 4.67. The molecule has 0 aliphatic carbocycles. The van der Waals surface area contributed by atoms with Gasteiger partial charge in [0.05, 0.1) is 0 Å². The standard InChI is InChI=1S/C2H4BrNOS/c3-1(6)2(4)5/h1,6H,(H2,4,5). The Bertz CT molecular complexity index is 64.6. The van der Waals surface area contributed by atoms with E-state index in [2.05, 4.69) is 34.3 Å². The number of hydrogen-bond donors (Lipinski definition) is 2. The number of halogens is 1. The molecule has 2 N–H and O–H groups in total. The predicted molar refractivity (Wildman–Crippen MR) is 30.9 cm³/mol.